The normalized spacial score (nSPS) is 24.0. The molecule has 1 unspecified atom stereocenters. The Hall–Kier alpha value is -1.70. The van der Waals surface area contributed by atoms with E-state index < -0.39 is 22.7 Å². The summed E-state index contributed by atoms with van der Waals surface area (Å²) in [4.78, 5) is 25.0. The molecule has 2 heterocycles. The summed E-state index contributed by atoms with van der Waals surface area (Å²) in [5.74, 6) is 0.0763. The van der Waals surface area contributed by atoms with Gasteiger partial charge in [-0.15, -0.1) is 0 Å². The van der Waals surface area contributed by atoms with Crippen molar-refractivity contribution in [3.05, 3.63) is 27.2 Å². The van der Waals surface area contributed by atoms with Crippen LogP contribution in [-0.2, 0) is 17.4 Å². The van der Waals surface area contributed by atoms with Gasteiger partial charge in [-0.05, 0) is 25.3 Å². The zero-order chi connectivity index (χ0) is 16.3. The van der Waals surface area contributed by atoms with Crippen LogP contribution < -0.4 is 5.56 Å². The van der Waals surface area contributed by atoms with Crippen LogP contribution in [0.4, 0.5) is 13.2 Å². The number of nitrogens with zero attached hydrogens (tertiary/aromatic N) is 2. The van der Waals surface area contributed by atoms with Gasteiger partial charge in [-0.2, -0.15) is 18.3 Å². The molecule has 120 valence electrons. The smallest absolute Gasteiger partial charge is 0.299 e. The van der Waals surface area contributed by atoms with E-state index in [0.717, 1.165) is 0 Å². The summed E-state index contributed by atoms with van der Waals surface area (Å²) in [5, 5.41) is 5.81. The number of halogens is 3. The molecule has 1 aliphatic heterocycles. The highest BCUT2D eigenvalue weighted by Crippen LogP contribution is 2.44. The SMILES string of the molecule is CC(=O)C1(C)CN(C2CCc3c2n[nH]c(=O)c3C(F)(F)F)C1. The fourth-order valence-electron chi connectivity index (χ4n) is 3.39. The molecule has 0 spiro atoms. The summed E-state index contributed by atoms with van der Waals surface area (Å²) in [6, 6.07) is -0.264. The second-order valence-corrected chi connectivity index (χ2v) is 6.37. The number of carbonyl (C=O) groups is 1. The van der Waals surface area contributed by atoms with Gasteiger partial charge < -0.3 is 0 Å². The second-order valence-electron chi connectivity index (χ2n) is 6.37. The number of hydrogen-bond acceptors (Lipinski definition) is 4. The molecule has 2 aliphatic rings. The van der Waals surface area contributed by atoms with Gasteiger partial charge in [0.15, 0.2) is 0 Å². The average Bonchev–Trinajstić information content (AvgIpc) is 2.75. The van der Waals surface area contributed by atoms with Gasteiger partial charge in [0.2, 0.25) is 0 Å². The summed E-state index contributed by atoms with van der Waals surface area (Å²) in [6.07, 6.45) is -4.02. The molecular formula is C14H16F3N3O2. The number of ketones is 1. The zero-order valence-corrected chi connectivity index (χ0v) is 12.3. The van der Waals surface area contributed by atoms with E-state index in [1.54, 1.807) is 0 Å². The number of likely N-dealkylation sites (tertiary alicyclic amines) is 1. The highest BCUT2D eigenvalue weighted by Gasteiger charge is 2.49. The lowest BCUT2D eigenvalue weighted by atomic mass is 9.77. The van der Waals surface area contributed by atoms with Crippen LogP contribution in [0, 0.1) is 5.41 Å². The maximum Gasteiger partial charge on any atom is 0.422 e. The molecule has 8 heteroatoms. The van der Waals surface area contributed by atoms with E-state index in [9.17, 15) is 22.8 Å². The number of carbonyl (C=O) groups excluding carboxylic acids is 1. The molecule has 22 heavy (non-hydrogen) atoms. The van der Waals surface area contributed by atoms with Gasteiger partial charge in [-0.3, -0.25) is 14.5 Å². The zero-order valence-electron chi connectivity index (χ0n) is 12.3. The number of aromatic amines is 1. The van der Waals surface area contributed by atoms with Gasteiger partial charge in [0.25, 0.3) is 5.56 Å². The number of rotatable bonds is 2. The summed E-state index contributed by atoms with van der Waals surface area (Å²) in [5.41, 5.74) is -2.47. The van der Waals surface area contributed by atoms with E-state index in [1.165, 1.54) is 6.92 Å². The first-order chi connectivity index (χ1) is 10.1. The van der Waals surface area contributed by atoms with Crippen LogP contribution in [0.2, 0.25) is 0 Å². The first-order valence-electron chi connectivity index (χ1n) is 7.07. The van der Waals surface area contributed by atoms with E-state index >= 15 is 0 Å². The second kappa shape index (κ2) is 4.65. The van der Waals surface area contributed by atoms with Crippen LogP contribution in [-0.4, -0.2) is 34.0 Å². The van der Waals surface area contributed by atoms with Crippen LogP contribution in [0.3, 0.4) is 0 Å². The van der Waals surface area contributed by atoms with Crippen LogP contribution in [0.15, 0.2) is 4.79 Å². The number of aromatic nitrogens is 2. The maximum absolute atomic E-state index is 13.1. The molecule has 1 fully saturated rings. The minimum Gasteiger partial charge on any atom is -0.299 e. The molecule has 1 atom stereocenters. The minimum atomic E-state index is -4.68. The quantitative estimate of drug-likeness (QED) is 0.902. The van der Waals surface area contributed by atoms with Crippen LogP contribution in [0.1, 0.15) is 43.1 Å². The van der Waals surface area contributed by atoms with Crippen molar-refractivity contribution in [1.29, 1.82) is 0 Å². The Balaban J connectivity index is 1.92. The highest BCUT2D eigenvalue weighted by molar-refractivity contribution is 5.83. The Morgan fingerprint density at radius 1 is 1.41 bits per heavy atom. The standard InChI is InChI=1S/C14H16F3N3O2/c1-7(21)13(2)5-20(6-13)9-4-3-8-10(14(15,16)17)12(22)19-18-11(8)9/h9H,3-6H2,1-2H3,(H,19,22). The fourth-order valence-corrected chi connectivity index (χ4v) is 3.39. The molecule has 1 aromatic rings. The monoisotopic (exact) mass is 315 g/mol. The number of nitrogens with one attached hydrogen (secondary N) is 1. The molecule has 0 bridgehead atoms. The summed E-state index contributed by atoms with van der Waals surface area (Å²) in [6.45, 7) is 4.39. The van der Waals surface area contributed by atoms with E-state index in [-0.39, 0.29) is 29.5 Å². The fraction of sp³-hybridized carbons (Fsp3) is 0.643. The lowest BCUT2D eigenvalue weighted by Crippen LogP contribution is -2.58. The van der Waals surface area contributed by atoms with E-state index in [2.05, 4.69) is 5.10 Å². The van der Waals surface area contributed by atoms with Crippen LogP contribution in [0.5, 0.6) is 0 Å². The first kappa shape index (κ1) is 15.2. The Kier molecular flexibility index (Phi) is 3.21. The minimum absolute atomic E-state index is 0.00215. The predicted octanol–water partition coefficient (Wildman–Crippen LogP) is 1.69. The van der Waals surface area contributed by atoms with E-state index in [1.807, 2.05) is 16.9 Å². The van der Waals surface area contributed by atoms with Crippen molar-refractivity contribution in [3.8, 4) is 0 Å². The molecule has 5 nitrogen and oxygen atoms in total. The van der Waals surface area contributed by atoms with Gasteiger partial charge in [0.05, 0.1) is 17.2 Å². The molecule has 1 N–H and O–H groups in total. The van der Waals surface area contributed by atoms with Crippen molar-refractivity contribution in [2.45, 2.75) is 38.9 Å². The third kappa shape index (κ3) is 2.16. The molecule has 1 aliphatic carbocycles. The van der Waals surface area contributed by atoms with Crippen molar-refractivity contribution in [1.82, 2.24) is 15.1 Å². The van der Waals surface area contributed by atoms with Gasteiger partial charge >= 0.3 is 6.18 Å². The van der Waals surface area contributed by atoms with Gasteiger partial charge in [0.1, 0.15) is 11.3 Å². The summed E-state index contributed by atoms with van der Waals surface area (Å²) < 4.78 is 39.2. The highest BCUT2D eigenvalue weighted by atomic mass is 19.4. The molecule has 0 aromatic carbocycles. The summed E-state index contributed by atoms with van der Waals surface area (Å²) in [7, 11) is 0. The molecule has 1 aromatic heterocycles. The van der Waals surface area contributed by atoms with E-state index in [0.29, 0.717) is 19.5 Å². The lowest BCUT2D eigenvalue weighted by Gasteiger charge is -2.49. The Morgan fingerprint density at radius 3 is 2.59 bits per heavy atom. The largest absolute Gasteiger partial charge is 0.422 e. The number of alkyl halides is 3. The third-order valence-electron chi connectivity index (χ3n) is 4.78. The topological polar surface area (TPSA) is 66.1 Å². The Labute approximate surface area is 124 Å². The van der Waals surface area contributed by atoms with Crippen LogP contribution in [0.25, 0.3) is 0 Å². The van der Waals surface area contributed by atoms with Crippen LogP contribution >= 0.6 is 0 Å². The first-order valence-corrected chi connectivity index (χ1v) is 7.07. The number of H-pyrrole nitrogens is 1. The van der Waals surface area contributed by atoms with Gasteiger partial charge in [0, 0.05) is 13.1 Å². The molecule has 0 saturated carbocycles. The number of fused-ring (bicyclic) bond motifs is 1. The van der Waals surface area contributed by atoms with Crippen molar-refractivity contribution < 1.29 is 18.0 Å². The third-order valence-corrected chi connectivity index (χ3v) is 4.78. The maximum atomic E-state index is 13.1. The Bertz CT molecular complexity index is 690. The molecule has 3 rings (SSSR count). The van der Waals surface area contributed by atoms with Gasteiger partial charge in [-0.1, -0.05) is 6.92 Å². The lowest BCUT2D eigenvalue weighted by molar-refractivity contribution is -0.139. The molecule has 1 saturated heterocycles. The summed E-state index contributed by atoms with van der Waals surface area (Å²) >= 11 is 0. The average molecular weight is 315 g/mol. The van der Waals surface area contributed by atoms with E-state index in [4.69, 9.17) is 0 Å². The van der Waals surface area contributed by atoms with Gasteiger partial charge in [-0.25, -0.2) is 5.10 Å². The number of hydrogen-bond donors (Lipinski definition) is 1. The molecular weight excluding hydrogens is 299 g/mol. The van der Waals surface area contributed by atoms with Crippen molar-refractivity contribution in [3.63, 3.8) is 0 Å². The Morgan fingerprint density at radius 2 is 2.05 bits per heavy atom. The predicted molar refractivity (Wildman–Crippen MR) is 71.3 cm³/mol. The van der Waals surface area contributed by atoms with Crippen molar-refractivity contribution >= 4 is 5.78 Å². The van der Waals surface area contributed by atoms with Crippen molar-refractivity contribution in [2.24, 2.45) is 5.41 Å². The molecule has 0 amide bonds. The van der Waals surface area contributed by atoms with Crippen molar-refractivity contribution in [2.75, 3.05) is 13.1 Å². The number of Topliss-reactive ketones (excluding diaryl/α,β-unsaturated/α-hetero) is 1. The molecule has 0 radical (unpaired) electrons.